The van der Waals surface area contributed by atoms with Gasteiger partial charge in [0.25, 0.3) is 5.91 Å². The van der Waals surface area contributed by atoms with Gasteiger partial charge in [0.05, 0.1) is 11.7 Å². The number of nitrogens with one attached hydrogen (secondary N) is 1. The van der Waals surface area contributed by atoms with Crippen LogP contribution in [0.5, 0.6) is 5.88 Å². The van der Waals surface area contributed by atoms with Gasteiger partial charge >= 0.3 is 0 Å². The average Bonchev–Trinajstić information content (AvgIpc) is 2.34. The average molecular weight is 249 g/mol. The molecule has 6 nitrogen and oxygen atoms in total. The Labute approximate surface area is 104 Å². The summed E-state index contributed by atoms with van der Waals surface area (Å²) in [4.78, 5) is 15.5. The van der Waals surface area contributed by atoms with Crippen molar-refractivity contribution in [3.8, 4) is 5.88 Å². The first-order valence-corrected chi connectivity index (χ1v) is 6.01. The number of nitrogens with zero attached hydrogens (tertiary/aromatic N) is 1. The summed E-state index contributed by atoms with van der Waals surface area (Å²) in [5.74, 6) is 5.20. The van der Waals surface area contributed by atoms with Crippen LogP contribution in [-0.4, -0.2) is 27.7 Å². The fraction of sp³-hybridized carbons (Fsp3) is 0.500. The van der Waals surface area contributed by atoms with E-state index in [0.717, 1.165) is 24.8 Å². The number of aromatic nitrogens is 1. The van der Waals surface area contributed by atoms with E-state index >= 15 is 0 Å². The van der Waals surface area contributed by atoms with E-state index < -0.39 is 17.6 Å². The van der Waals surface area contributed by atoms with Gasteiger partial charge in [-0.2, -0.15) is 0 Å². The summed E-state index contributed by atoms with van der Waals surface area (Å²) in [7, 11) is 0. The fourth-order valence-corrected chi connectivity index (χ4v) is 2.56. The molecule has 0 bridgehead atoms. The lowest BCUT2D eigenvalue weighted by Crippen LogP contribution is -2.56. The zero-order valence-electron chi connectivity index (χ0n) is 9.85. The molecule has 6 heteroatoms. The Kier molecular flexibility index (Phi) is 2.49. The molecule has 0 aromatic carbocycles. The fourth-order valence-electron chi connectivity index (χ4n) is 2.56. The first-order chi connectivity index (χ1) is 8.64. The number of hydrogen-bond acceptors (Lipinski definition) is 5. The lowest BCUT2D eigenvalue weighted by Gasteiger charge is -2.47. The van der Waals surface area contributed by atoms with Crippen LogP contribution in [0.15, 0.2) is 12.3 Å². The number of carbonyl (C=O) groups excluding carboxylic acids is 1. The molecule has 2 aliphatic rings. The van der Waals surface area contributed by atoms with Gasteiger partial charge in [0.15, 0.2) is 0 Å². The highest BCUT2D eigenvalue weighted by atomic mass is 16.5. The summed E-state index contributed by atoms with van der Waals surface area (Å²) < 4.78 is 5.81. The molecule has 1 aliphatic carbocycles. The van der Waals surface area contributed by atoms with Gasteiger partial charge in [0.1, 0.15) is 5.60 Å². The minimum Gasteiger partial charge on any atom is -0.468 e. The minimum atomic E-state index is -0.531. The highest BCUT2D eigenvalue weighted by molar-refractivity contribution is 5.93. The Morgan fingerprint density at radius 2 is 2.39 bits per heavy atom. The molecule has 1 spiro atoms. The smallest absolute Gasteiger partial charge is 0.266 e. The molecule has 0 saturated heterocycles. The van der Waals surface area contributed by atoms with Gasteiger partial charge in [-0.15, -0.1) is 0 Å². The molecule has 96 valence electrons. The molecule has 18 heavy (non-hydrogen) atoms. The second-order valence-corrected chi connectivity index (χ2v) is 4.90. The molecular weight excluding hydrogens is 234 g/mol. The van der Waals surface area contributed by atoms with Crippen molar-refractivity contribution in [2.24, 2.45) is 5.84 Å². The second-order valence-electron chi connectivity index (χ2n) is 4.90. The zero-order chi connectivity index (χ0) is 12.8. The Morgan fingerprint density at radius 3 is 3.00 bits per heavy atom. The van der Waals surface area contributed by atoms with Gasteiger partial charge in [0, 0.05) is 18.2 Å². The number of hydrazine groups is 1. The summed E-state index contributed by atoms with van der Waals surface area (Å²) in [5, 5.41) is 10.1. The molecule has 1 fully saturated rings. The topological polar surface area (TPSA) is 97.5 Å². The number of rotatable bonds is 1. The standard InChI is InChI=1S/C12H15N3O3/c13-15-10(17)8-4-7-5-9(16)12(2-1-3-12)18-11(7)14-6-8/h4,6,9,16H,1-3,5,13H2,(H,15,17)/t9-/m0/s1. The number of amides is 1. The van der Waals surface area contributed by atoms with Crippen molar-refractivity contribution in [2.45, 2.75) is 37.4 Å². The lowest BCUT2D eigenvalue weighted by molar-refractivity contribution is -0.118. The predicted octanol–water partition coefficient (Wildman–Crippen LogP) is -0.0964. The molecule has 1 saturated carbocycles. The zero-order valence-corrected chi connectivity index (χ0v) is 9.85. The minimum absolute atomic E-state index is 0.372. The van der Waals surface area contributed by atoms with Crippen molar-refractivity contribution < 1.29 is 14.6 Å². The Hall–Kier alpha value is -1.66. The third-order valence-electron chi connectivity index (χ3n) is 3.84. The monoisotopic (exact) mass is 249 g/mol. The van der Waals surface area contributed by atoms with Crippen LogP contribution in [0.1, 0.15) is 35.2 Å². The number of ether oxygens (including phenoxy) is 1. The molecule has 0 radical (unpaired) electrons. The van der Waals surface area contributed by atoms with Crippen molar-refractivity contribution in [3.05, 3.63) is 23.4 Å². The van der Waals surface area contributed by atoms with Gasteiger partial charge in [-0.3, -0.25) is 10.2 Å². The molecule has 4 N–H and O–H groups in total. The Morgan fingerprint density at radius 1 is 1.61 bits per heavy atom. The summed E-state index contributed by atoms with van der Waals surface area (Å²) in [5.41, 5.74) is 2.73. The summed E-state index contributed by atoms with van der Waals surface area (Å²) in [6, 6.07) is 1.67. The van der Waals surface area contributed by atoms with E-state index in [-0.39, 0.29) is 0 Å². The third-order valence-corrected chi connectivity index (χ3v) is 3.84. The number of carbonyl (C=O) groups is 1. The molecular formula is C12H15N3O3. The number of aliphatic hydroxyl groups is 1. The number of nitrogens with two attached hydrogens (primary N) is 1. The van der Waals surface area contributed by atoms with Crippen LogP contribution in [0.3, 0.4) is 0 Å². The van der Waals surface area contributed by atoms with E-state index in [1.807, 2.05) is 0 Å². The predicted molar refractivity (Wildman–Crippen MR) is 62.8 cm³/mol. The van der Waals surface area contributed by atoms with E-state index in [1.165, 1.54) is 6.20 Å². The molecule has 3 rings (SSSR count). The summed E-state index contributed by atoms with van der Waals surface area (Å²) in [6.45, 7) is 0. The quantitative estimate of drug-likeness (QED) is 0.367. The van der Waals surface area contributed by atoms with Crippen molar-refractivity contribution in [2.75, 3.05) is 0 Å². The van der Waals surface area contributed by atoms with E-state index in [2.05, 4.69) is 10.4 Å². The van der Waals surface area contributed by atoms with Crippen LogP contribution in [0, 0.1) is 0 Å². The van der Waals surface area contributed by atoms with E-state index in [1.54, 1.807) is 6.07 Å². The van der Waals surface area contributed by atoms with E-state index in [4.69, 9.17) is 10.6 Å². The van der Waals surface area contributed by atoms with Gasteiger partial charge in [-0.1, -0.05) is 0 Å². The maximum Gasteiger partial charge on any atom is 0.266 e. The highest BCUT2D eigenvalue weighted by Crippen LogP contribution is 2.44. The Balaban J connectivity index is 1.92. The molecule has 2 heterocycles. The van der Waals surface area contributed by atoms with Crippen molar-refractivity contribution >= 4 is 5.91 Å². The van der Waals surface area contributed by atoms with Crippen LogP contribution in [0.4, 0.5) is 0 Å². The largest absolute Gasteiger partial charge is 0.468 e. The van der Waals surface area contributed by atoms with Crippen molar-refractivity contribution in [1.29, 1.82) is 0 Å². The number of nitrogen functional groups attached to an aromatic ring is 1. The number of aliphatic hydroxyl groups excluding tert-OH is 1. The van der Waals surface area contributed by atoms with Crippen LogP contribution in [0.2, 0.25) is 0 Å². The normalized spacial score (nSPS) is 23.8. The van der Waals surface area contributed by atoms with Gasteiger partial charge in [-0.25, -0.2) is 10.8 Å². The lowest BCUT2D eigenvalue weighted by atomic mass is 9.73. The number of fused-ring (bicyclic) bond motifs is 1. The van der Waals surface area contributed by atoms with Crippen LogP contribution >= 0.6 is 0 Å². The first kappa shape index (κ1) is 11.4. The molecule has 1 amide bonds. The Bertz CT molecular complexity index is 499. The number of hydrogen-bond donors (Lipinski definition) is 3. The van der Waals surface area contributed by atoms with Crippen LogP contribution < -0.4 is 16.0 Å². The molecule has 0 unspecified atom stereocenters. The maximum atomic E-state index is 11.4. The van der Waals surface area contributed by atoms with Gasteiger partial charge < -0.3 is 9.84 Å². The molecule has 1 atom stereocenters. The van der Waals surface area contributed by atoms with Crippen LogP contribution in [0.25, 0.3) is 0 Å². The van der Waals surface area contributed by atoms with Gasteiger partial charge in [0.2, 0.25) is 5.88 Å². The third kappa shape index (κ3) is 1.57. The molecule has 1 aromatic rings. The van der Waals surface area contributed by atoms with E-state index in [0.29, 0.717) is 17.9 Å². The maximum absolute atomic E-state index is 11.4. The first-order valence-electron chi connectivity index (χ1n) is 6.01. The second kappa shape index (κ2) is 3.93. The summed E-state index contributed by atoms with van der Waals surface area (Å²) >= 11 is 0. The van der Waals surface area contributed by atoms with Crippen molar-refractivity contribution in [3.63, 3.8) is 0 Å². The highest BCUT2D eigenvalue weighted by Gasteiger charge is 2.49. The summed E-state index contributed by atoms with van der Waals surface area (Å²) in [6.07, 6.45) is 4.16. The van der Waals surface area contributed by atoms with Crippen LogP contribution in [-0.2, 0) is 6.42 Å². The van der Waals surface area contributed by atoms with Gasteiger partial charge in [-0.05, 0) is 25.3 Å². The molecule has 1 aromatic heterocycles. The SMILES string of the molecule is NNC(=O)c1cnc2c(c1)C[C@H](O)C1(CCC1)O2. The van der Waals surface area contributed by atoms with E-state index in [9.17, 15) is 9.90 Å². The number of pyridine rings is 1. The van der Waals surface area contributed by atoms with Crippen molar-refractivity contribution in [1.82, 2.24) is 10.4 Å². The molecule has 1 aliphatic heterocycles.